The van der Waals surface area contributed by atoms with Gasteiger partial charge in [-0.3, -0.25) is 14.6 Å². The second kappa shape index (κ2) is 7.58. The third-order valence-corrected chi connectivity index (χ3v) is 7.02. The number of hydrogen-bond donors (Lipinski definition) is 1. The quantitative estimate of drug-likeness (QED) is 0.674. The van der Waals surface area contributed by atoms with Crippen molar-refractivity contribution in [3.8, 4) is 5.69 Å². The molecule has 3 aromatic rings. The first-order chi connectivity index (χ1) is 15.7. The van der Waals surface area contributed by atoms with Crippen LogP contribution in [0, 0.1) is 11.8 Å². The van der Waals surface area contributed by atoms with Crippen molar-refractivity contribution in [3.05, 3.63) is 63.8 Å². The molecule has 2 atom stereocenters. The number of aromatic amines is 1. The molecule has 6 rings (SSSR count). The summed E-state index contributed by atoms with van der Waals surface area (Å²) in [6.07, 6.45) is 7.09. The zero-order chi connectivity index (χ0) is 21.7. The van der Waals surface area contributed by atoms with E-state index in [2.05, 4.69) is 20.1 Å². The lowest BCUT2D eigenvalue weighted by Crippen LogP contribution is -2.35. The number of aromatic nitrogens is 5. The summed E-state index contributed by atoms with van der Waals surface area (Å²) < 4.78 is 0. The Morgan fingerprint density at radius 2 is 1.69 bits per heavy atom. The minimum Gasteiger partial charge on any atom is -0.342 e. The monoisotopic (exact) mass is 431 g/mol. The first-order valence-electron chi connectivity index (χ1n) is 11.3. The number of para-hydroxylation sites is 1. The van der Waals surface area contributed by atoms with E-state index in [0.29, 0.717) is 42.1 Å². The van der Waals surface area contributed by atoms with E-state index in [9.17, 15) is 9.59 Å². The van der Waals surface area contributed by atoms with Crippen LogP contribution in [0.15, 0.2) is 41.5 Å². The summed E-state index contributed by atoms with van der Waals surface area (Å²) in [5, 5.41) is 8.37. The largest absolute Gasteiger partial charge is 0.342 e. The molecule has 2 unspecified atom stereocenters. The SMILES string of the molecule is O=C(c1ccccc1-n1nccn1)N1CC2CN(c3nc4c(c(=O)[nH]3)CCCC4)CC2C1. The van der Waals surface area contributed by atoms with Gasteiger partial charge in [-0.15, -0.1) is 0 Å². The fourth-order valence-electron chi connectivity index (χ4n) is 5.41. The Hall–Kier alpha value is -3.49. The smallest absolute Gasteiger partial charge is 0.256 e. The van der Waals surface area contributed by atoms with Crippen LogP contribution >= 0.6 is 0 Å². The number of nitrogens with one attached hydrogen (secondary N) is 1. The molecule has 1 aromatic carbocycles. The Balaban J connectivity index is 1.18. The third-order valence-electron chi connectivity index (χ3n) is 7.02. The van der Waals surface area contributed by atoms with Gasteiger partial charge in [0.15, 0.2) is 0 Å². The number of carbonyl (C=O) groups excluding carboxylic acids is 1. The van der Waals surface area contributed by atoms with Crippen molar-refractivity contribution >= 4 is 11.9 Å². The van der Waals surface area contributed by atoms with E-state index in [-0.39, 0.29) is 11.5 Å². The Bertz CT molecular complexity index is 1210. The van der Waals surface area contributed by atoms with Gasteiger partial charge in [0.05, 0.1) is 29.3 Å². The van der Waals surface area contributed by atoms with Crippen molar-refractivity contribution in [1.82, 2.24) is 29.9 Å². The average Bonchev–Trinajstić information content (AvgIpc) is 3.55. The van der Waals surface area contributed by atoms with Crippen LogP contribution in [0.25, 0.3) is 5.69 Å². The Morgan fingerprint density at radius 1 is 0.969 bits per heavy atom. The summed E-state index contributed by atoms with van der Waals surface area (Å²) in [5.74, 6) is 1.45. The number of anilines is 1. The second-order valence-electron chi connectivity index (χ2n) is 8.99. The number of H-pyrrole nitrogens is 1. The van der Waals surface area contributed by atoms with Gasteiger partial charge in [0.1, 0.15) is 0 Å². The molecule has 0 bridgehead atoms. The zero-order valence-corrected chi connectivity index (χ0v) is 17.8. The van der Waals surface area contributed by atoms with Crippen LogP contribution in [0.1, 0.15) is 34.5 Å². The number of hydrogen-bond acceptors (Lipinski definition) is 6. The van der Waals surface area contributed by atoms with Gasteiger partial charge in [-0.1, -0.05) is 12.1 Å². The standard InChI is InChI=1S/C23H25N7O2/c31-21-17-5-1-3-7-19(17)26-23(27-21)29-13-15-11-28(12-16(15)14-29)22(32)18-6-2-4-8-20(18)30-24-9-10-25-30/h2,4,6,8-10,15-16H,1,3,5,7,11-14H2,(H,26,27,31). The molecule has 1 N–H and O–H groups in total. The van der Waals surface area contributed by atoms with Gasteiger partial charge in [0.2, 0.25) is 5.95 Å². The summed E-state index contributed by atoms with van der Waals surface area (Å²) >= 11 is 0. The third kappa shape index (κ3) is 3.19. The minimum absolute atomic E-state index is 0.0131. The van der Waals surface area contributed by atoms with E-state index in [4.69, 9.17) is 4.98 Å². The molecule has 9 heteroatoms. The lowest BCUT2D eigenvalue weighted by atomic mass is 9.97. The Labute approximate surface area is 185 Å². The number of carbonyl (C=O) groups is 1. The molecule has 1 aliphatic carbocycles. The molecule has 0 saturated carbocycles. The molecule has 164 valence electrons. The number of rotatable bonds is 3. The highest BCUT2D eigenvalue weighted by molar-refractivity contribution is 5.97. The number of fused-ring (bicyclic) bond motifs is 2. The van der Waals surface area contributed by atoms with Crippen molar-refractivity contribution in [2.45, 2.75) is 25.7 Å². The van der Waals surface area contributed by atoms with Gasteiger partial charge >= 0.3 is 0 Å². The Morgan fingerprint density at radius 3 is 2.47 bits per heavy atom. The lowest BCUT2D eigenvalue weighted by Gasteiger charge is -2.24. The van der Waals surface area contributed by atoms with E-state index in [1.54, 1.807) is 12.4 Å². The average molecular weight is 432 g/mol. The van der Waals surface area contributed by atoms with Crippen LogP contribution in [0.5, 0.6) is 0 Å². The number of benzene rings is 1. The van der Waals surface area contributed by atoms with Gasteiger partial charge in [-0.25, -0.2) is 4.98 Å². The van der Waals surface area contributed by atoms with Crippen molar-refractivity contribution in [2.24, 2.45) is 11.8 Å². The number of amides is 1. The van der Waals surface area contributed by atoms with Gasteiger partial charge in [0, 0.05) is 43.6 Å². The maximum absolute atomic E-state index is 13.3. The predicted octanol–water partition coefficient (Wildman–Crippen LogP) is 1.44. The van der Waals surface area contributed by atoms with E-state index < -0.39 is 0 Å². The highest BCUT2D eigenvalue weighted by Gasteiger charge is 2.43. The van der Waals surface area contributed by atoms with E-state index in [1.165, 1.54) is 4.80 Å². The van der Waals surface area contributed by atoms with Crippen LogP contribution in [-0.2, 0) is 12.8 Å². The summed E-state index contributed by atoms with van der Waals surface area (Å²) in [7, 11) is 0. The topological polar surface area (TPSA) is 100 Å². The summed E-state index contributed by atoms with van der Waals surface area (Å²) in [4.78, 5) is 39.3. The van der Waals surface area contributed by atoms with Crippen molar-refractivity contribution in [1.29, 1.82) is 0 Å². The summed E-state index contributed by atoms with van der Waals surface area (Å²) in [6, 6.07) is 7.46. The maximum atomic E-state index is 13.3. The molecule has 2 fully saturated rings. The van der Waals surface area contributed by atoms with Gasteiger partial charge < -0.3 is 9.80 Å². The number of nitrogens with zero attached hydrogens (tertiary/aromatic N) is 6. The molecular weight excluding hydrogens is 406 g/mol. The van der Waals surface area contributed by atoms with Crippen molar-refractivity contribution in [2.75, 3.05) is 31.1 Å². The molecule has 2 saturated heterocycles. The minimum atomic E-state index is 0.0131. The molecule has 0 radical (unpaired) electrons. The molecule has 0 spiro atoms. The first-order valence-corrected chi connectivity index (χ1v) is 11.3. The van der Waals surface area contributed by atoms with Crippen LogP contribution in [-0.4, -0.2) is 61.9 Å². The molecule has 1 amide bonds. The van der Waals surface area contributed by atoms with Crippen molar-refractivity contribution in [3.63, 3.8) is 0 Å². The maximum Gasteiger partial charge on any atom is 0.256 e. The van der Waals surface area contributed by atoms with Crippen LogP contribution in [0.3, 0.4) is 0 Å². The van der Waals surface area contributed by atoms with Crippen LogP contribution < -0.4 is 10.5 Å². The lowest BCUT2D eigenvalue weighted by molar-refractivity contribution is 0.0782. The highest BCUT2D eigenvalue weighted by atomic mass is 16.2. The summed E-state index contributed by atoms with van der Waals surface area (Å²) in [5.41, 5.74) is 3.15. The van der Waals surface area contributed by atoms with E-state index >= 15 is 0 Å². The van der Waals surface area contributed by atoms with Crippen LogP contribution in [0.2, 0.25) is 0 Å². The molecule has 32 heavy (non-hydrogen) atoms. The molecule has 2 aromatic heterocycles. The van der Waals surface area contributed by atoms with Gasteiger partial charge in [-0.05, 0) is 37.8 Å². The van der Waals surface area contributed by atoms with Crippen molar-refractivity contribution < 1.29 is 4.79 Å². The van der Waals surface area contributed by atoms with Gasteiger partial charge in [0.25, 0.3) is 11.5 Å². The highest BCUT2D eigenvalue weighted by Crippen LogP contribution is 2.34. The van der Waals surface area contributed by atoms with E-state index in [0.717, 1.165) is 50.0 Å². The van der Waals surface area contributed by atoms with Gasteiger partial charge in [-0.2, -0.15) is 15.0 Å². The van der Waals surface area contributed by atoms with Crippen LogP contribution in [0.4, 0.5) is 5.95 Å². The second-order valence-corrected chi connectivity index (χ2v) is 8.99. The molecule has 2 aliphatic heterocycles. The fraction of sp³-hybridized carbons (Fsp3) is 0.435. The normalized spacial score (nSPS) is 22.1. The number of aryl methyl sites for hydroxylation is 1. The first kappa shape index (κ1) is 19.2. The predicted molar refractivity (Wildman–Crippen MR) is 118 cm³/mol. The number of likely N-dealkylation sites (tertiary alicyclic amines) is 1. The Kier molecular flexibility index (Phi) is 4.55. The fourth-order valence-corrected chi connectivity index (χ4v) is 5.41. The summed E-state index contributed by atoms with van der Waals surface area (Å²) in [6.45, 7) is 3.02. The molecule has 4 heterocycles. The molecule has 3 aliphatic rings. The molecule has 9 nitrogen and oxygen atoms in total. The van der Waals surface area contributed by atoms with E-state index in [1.807, 2.05) is 29.2 Å². The zero-order valence-electron chi connectivity index (χ0n) is 17.8. The molecular formula is C23H25N7O2.